The Morgan fingerprint density at radius 2 is 1.51 bits per heavy atom. The van der Waals surface area contributed by atoms with Crippen LogP contribution in [0.15, 0.2) is 57.2 Å². The molecule has 0 aliphatic carbocycles. The summed E-state index contributed by atoms with van der Waals surface area (Å²) < 4.78 is 60.7. The molecular formula is C25H33N3O6S3. The van der Waals surface area contributed by atoms with Crippen LogP contribution in [-0.4, -0.2) is 77.5 Å². The minimum absolute atomic E-state index is 0.00977. The first-order chi connectivity index (χ1) is 17.7. The van der Waals surface area contributed by atoms with Gasteiger partial charge in [-0.05, 0) is 80.8 Å². The number of hydrogen-bond acceptors (Lipinski definition) is 7. The van der Waals surface area contributed by atoms with E-state index in [0.29, 0.717) is 37.5 Å². The monoisotopic (exact) mass is 567 g/mol. The summed E-state index contributed by atoms with van der Waals surface area (Å²) in [6.07, 6.45) is 6.61. The zero-order valence-corrected chi connectivity index (χ0v) is 23.3. The number of hydrogen-bond donors (Lipinski definition) is 1. The molecule has 12 heteroatoms. The number of piperidine rings is 1. The van der Waals surface area contributed by atoms with E-state index in [1.807, 2.05) is 6.26 Å². The van der Waals surface area contributed by atoms with Crippen molar-refractivity contribution in [2.45, 2.75) is 46.8 Å². The molecule has 2 heterocycles. The van der Waals surface area contributed by atoms with Gasteiger partial charge in [-0.25, -0.2) is 21.6 Å². The quantitative estimate of drug-likeness (QED) is 0.347. The minimum Gasteiger partial charge on any atom is -0.492 e. The van der Waals surface area contributed by atoms with Crippen LogP contribution in [-0.2, 0) is 20.0 Å². The van der Waals surface area contributed by atoms with Gasteiger partial charge < -0.3 is 9.64 Å². The summed E-state index contributed by atoms with van der Waals surface area (Å²) in [4.78, 5) is 15.9. The van der Waals surface area contributed by atoms with Crippen LogP contribution in [0.25, 0.3) is 0 Å². The average Bonchev–Trinajstić information content (AvgIpc) is 3.47. The number of likely N-dealkylation sites (tertiary alicyclic amines) is 1. The molecule has 2 fully saturated rings. The fourth-order valence-electron chi connectivity index (χ4n) is 4.50. The molecule has 2 aromatic rings. The van der Waals surface area contributed by atoms with Gasteiger partial charge in [0.15, 0.2) is 0 Å². The fourth-order valence-corrected chi connectivity index (χ4v) is 7.63. The Bertz CT molecular complexity index is 1300. The van der Waals surface area contributed by atoms with Crippen LogP contribution in [0.4, 0.5) is 0 Å². The van der Waals surface area contributed by atoms with Crippen molar-refractivity contribution in [2.75, 3.05) is 45.6 Å². The van der Waals surface area contributed by atoms with Gasteiger partial charge in [0.1, 0.15) is 12.4 Å². The van der Waals surface area contributed by atoms with Crippen LogP contribution >= 0.6 is 11.8 Å². The normalized spacial score (nSPS) is 17.2. The van der Waals surface area contributed by atoms with E-state index < -0.39 is 20.0 Å². The first kappa shape index (κ1) is 27.9. The third-order valence-electron chi connectivity index (χ3n) is 6.54. The van der Waals surface area contributed by atoms with Crippen molar-refractivity contribution in [1.82, 2.24) is 13.9 Å². The standard InChI is InChI=1S/C25H33N3O6S3/c1-35-24-12-11-22(19-23(24)25(29)27-14-3-2-4-15-27)36(30,31)26-13-18-34-20-7-9-21(10-8-20)37(32,33)28-16-5-6-17-28/h7-12,19,26H,2-6,13-18H2,1H3. The molecule has 1 amide bonds. The van der Waals surface area contributed by atoms with E-state index in [9.17, 15) is 21.6 Å². The molecule has 2 aliphatic heterocycles. The van der Waals surface area contributed by atoms with Crippen LogP contribution in [0.1, 0.15) is 42.5 Å². The molecule has 0 radical (unpaired) electrons. The second kappa shape index (κ2) is 12.2. The van der Waals surface area contributed by atoms with Crippen molar-refractivity contribution in [3.8, 4) is 5.75 Å². The van der Waals surface area contributed by atoms with E-state index in [-0.39, 0.29) is 28.8 Å². The number of benzene rings is 2. The summed E-state index contributed by atoms with van der Waals surface area (Å²) >= 11 is 1.41. The Morgan fingerprint density at radius 3 is 2.16 bits per heavy atom. The summed E-state index contributed by atoms with van der Waals surface area (Å²) in [5.41, 5.74) is 0.400. The van der Waals surface area contributed by atoms with Crippen molar-refractivity contribution in [2.24, 2.45) is 0 Å². The Hall–Kier alpha value is -2.12. The number of carbonyl (C=O) groups excluding carboxylic acids is 1. The van der Waals surface area contributed by atoms with E-state index in [2.05, 4.69) is 4.72 Å². The van der Waals surface area contributed by atoms with Gasteiger partial charge in [-0.1, -0.05) is 0 Å². The maximum absolute atomic E-state index is 13.1. The lowest BCUT2D eigenvalue weighted by Gasteiger charge is -2.27. The predicted molar refractivity (Wildman–Crippen MR) is 143 cm³/mol. The molecule has 0 atom stereocenters. The van der Waals surface area contributed by atoms with E-state index >= 15 is 0 Å². The highest BCUT2D eigenvalue weighted by Gasteiger charge is 2.27. The molecule has 2 aromatic carbocycles. The number of ether oxygens (including phenoxy) is 1. The van der Waals surface area contributed by atoms with Gasteiger partial charge >= 0.3 is 0 Å². The third kappa shape index (κ3) is 6.66. The predicted octanol–water partition coefficient (Wildman–Crippen LogP) is 3.18. The number of thioether (sulfide) groups is 1. The van der Waals surface area contributed by atoms with Gasteiger partial charge in [0.25, 0.3) is 5.91 Å². The molecule has 0 saturated carbocycles. The summed E-state index contributed by atoms with van der Waals surface area (Å²) in [7, 11) is -7.35. The second-order valence-corrected chi connectivity index (χ2v) is 13.6. The average molecular weight is 568 g/mol. The number of carbonyl (C=O) groups is 1. The zero-order chi connectivity index (χ0) is 26.5. The first-order valence-corrected chi connectivity index (χ1v) is 16.6. The van der Waals surface area contributed by atoms with Gasteiger partial charge in [0.2, 0.25) is 20.0 Å². The van der Waals surface area contributed by atoms with Gasteiger partial charge in [-0.3, -0.25) is 4.79 Å². The number of nitrogens with one attached hydrogen (secondary N) is 1. The van der Waals surface area contributed by atoms with Crippen LogP contribution in [0.3, 0.4) is 0 Å². The van der Waals surface area contributed by atoms with Crippen molar-refractivity contribution in [3.63, 3.8) is 0 Å². The largest absolute Gasteiger partial charge is 0.492 e. The molecule has 202 valence electrons. The van der Waals surface area contributed by atoms with Gasteiger partial charge in [-0.2, -0.15) is 4.31 Å². The number of rotatable bonds is 10. The van der Waals surface area contributed by atoms with Crippen LogP contribution in [0.5, 0.6) is 5.75 Å². The lowest BCUT2D eigenvalue weighted by Crippen LogP contribution is -2.36. The third-order valence-corrected chi connectivity index (χ3v) is 10.7. The molecule has 9 nitrogen and oxygen atoms in total. The Kier molecular flexibility index (Phi) is 9.17. The van der Waals surface area contributed by atoms with Crippen molar-refractivity contribution in [3.05, 3.63) is 48.0 Å². The maximum Gasteiger partial charge on any atom is 0.255 e. The highest BCUT2D eigenvalue weighted by atomic mass is 32.2. The zero-order valence-electron chi connectivity index (χ0n) is 20.9. The smallest absolute Gasteiger partial charge is 0.255 e. The Balaban J connectivity index is 1.35. The Morgan fingerprint density at radius 1 is 0.892 bits per heavy atom. The number of sulfonamides is 2. The minimum atomic E-state index is -3.86. The molecule has 0 spiro atoms. The van der Waals surface area contributed by atoms with Gasteiger partial charge in [-0.15, -0.1) is 11.8 Å². The summed E-state index contributed by atoms with van der Waals surface area (Å²) in [6.45, 7) is 2.51. The summed E-state index contributed by atoms with van der Waals surface area (Å²) in [6, 6.07) is 10.8. The molecule has 4 rings (SSSR count). The molecule has 0 aromatic heterocycles. The van der Waals surface area contributed by atoms with E-state index in [0.717, 1.165) is 37.0 Å². The number of nitrogens with zero attached hydrogens (tertiary/aromatic N) is 2. The maximum atomic E-state index is 13.1. The molecule has 37 heavy (non-hydrogen) atoms. The Labute approximate surface area is 223 Å². The van der Waals surface area contributed by atoms with Gasteiger partial charge in [0.05, 0.1) is 15.4 Å². The van der Waals surface area contributed by atoms with Crippen LogP contribution in [0, 0.1) is 0 Å². The highest BCUT2D eigenvalue weighted by Crippen LogP contribution is 2.26. The van der Waals surface area contributed by atoms with Crippen LogP contribution < -0.4 is 9.46 Å². The van der Waals surface area contributed by atoms with E-state index in [1.54, 1.807) is 23.1 Å². The lowest BCUT2D eigenvalue weighted by molar-refractivity contribution is 0.0720. The van der Waals surface area contributed by atoms with Crippen LogP contribution in [0.2, 0.25) is 0 Å². The number of amides is 1. The molecule has 2 saturated heterocycles. The topological polar surface area (TPSA) is 113 Å². The first-order valence-electron chi connectivity index (χ1n) is 12.4. The van der Waals surface area contributed by atoms with E-state index in [4.69, 9.17) is 4.74 Å². The molecule has 0 bridgehead atoms. The summed E-state index contributed by atoms with van der Waals surface area (Å²) in [5.74, 6) is 0.304. The molecule has 2 aliphatic rings. The van der Waals surface area contributed by atoms with Crippen molar-refractivity contribution in [1.29, 1.82) is 0 Å². The van der Waals surface area contributed by atoms with Crippen molar-refractivity contribution >= 4 is 37.7 Å². The second-order valence-electron chi connectivity index (χ2n) is 9.04. The summed E-state index contributed by atoms with van der Waals surface area (Å²) in [5, 5.41) is 0. The molecule has 0 unspecified atom stereocenters. The van der Waals surface area contributed by atoms with Crippen molar-refractivity contribution < 1.29 is 26.4 Å². The molecular weight excluding hydrogens is 534 g/mol. The fraction of sp³-hybridized carbons (Fsp3) is 0.480. The van der Waals surface area contributed by atoms with Gasteiger partial charge in [0, 0.05) is 37.6 Å². The SMILES string of the molecule is CSc1ccc(S(=O)(=O)NCCOc2ccc(S(=O)(=O)N3CCCC3)cc2)cc1C(=O)N1CCCCC1. The van der Waals surface area contributed by atoms with E-state index in [1.165, 1.54) is 40.3 Å². The highest BCUT2D eigenvalue weighted by molar-refractivity contribution is 7.98. The lowest BCUT2D eigenvalue weighted by atomic mass is 10.1. The molecule has 1 N–H and O–H groups in total.